The Labute approximate surface area is 118 Å². The van der Waals surface area contributed by atoms with Crippen molar-refractivity contribution in [1.29, 1.82) is 0 Å². The number of carbonyl (C=O) groups excluding carboxylic acids is 1. The van der Waals surface area contributed by atoms with Crippen molar-refractivity contribution in [2.45, 2.75) is 12.5 Å². The average molecular weight is 280 g/mol. The van der Waals surface area contributed by atoms with Crippen LogP contribution in [0.4, 0.5) is 0 Å². The summed E-state index contributed by atoms with van der Waals surface area (Å²) in [5.41, 5.74) is 0.618. The number of carbonyl (C=O) groups is 2. The summed E-state index contributed by atoms with van der Waals surface area (Å²) in [5.74, 6) is -1.24. The first-order valence-electron chi connectivity index (χ1n) is 6.42. The maximum atomic E-state index is 11.6. The average Bonchev–Trinajstić information content (AvgIpc) is 2.44. The number of aliphatic carboxylic acids is 1. The molecule has 1 unspecified atom stereocenters. The summed E-state index contributed by atoms with van der Waals surface area (Å²) in [7, 11) is 1.60. The normalized spacial score (nSPS) is 11.8. The molecule has 20 heavy (non-hydrogen) atoms. The minimum atomic E-state index is -1.01. The highest BCUT2D eigenvalue weighted by atomic mass is 16.5. The standard InChI is InChI=1S/C14H20N2O4/c1-20-9-5-8-15-12(17)10-16-13(14(18)19)11-6-3-2-4-7-11/h2-4,6-7,13,16H,5,8-10H2,1H3,(H,15,17)(H,18,19). The van der Waals surface area contributed by atoms with Crippen molar-refractivity contribution >= 4 is 11.9 Å². The molecule has 0 saturated carbocycles. The van der Waals surface area contributed by atoms with Gasteiger partial charge in [-0.05, 0) is 12.0 Å². The van der Waals surface area contributed by atoms with Gasteiger partial charge >= 0.3 is 5.97 Å². The number of hydrogen-bond acceptors (Lipinski definition) is 4. The Bertz CT molecular complexity index is 422. The molecule has 1 atom stereocenters. The highest BCUT2D eigenvalue weighted by Crippen LogP contribution is 2.11. The van der Waals surface area contributed by atoms with Gasteiger partial charge < -0.3 is 15.2 Å². The van der Waals surface area contributed by atoms with E-state index in [9.17, 15) is 14.7 Å². The lowest BCUT2D eigenvalue weighted by Crippen LogP contribution is -2.38. The predicted molar refractivity (Wildman–Crippen MR) is 74.3 cm³/mol. The van der Waals surface area contributed by atoms with E-state index in [0.717, 1.165) is 6.42 Å². The van der Waals surface area contributed by atoms with Gasteiger partial charge in [-0.1, -0.05) is 30.3 Å². The lowest BCUT2D eigenvalue weighted by atomic mass is 10.1. The second-order valence-corrected chi connectivity index (χ2v) is 4.26. The van der Waals surface area contributed by atoms with Gasteiger partial charge in [0, 0.05) is 20.3 Å². The van der Waals surface area contributed by atoms with Gasteiger partial charge in [-0.3, -0.25) is 14.9 Å². The molecule has 3 N–H and O–H groups in total. The molecule has 0 aliphatic heterocycles. The van der Waals surface area contributed by atoms with Crippen LogP contribution in [0.2, 0.25) is 0 Å². The number of methoxy groups -OCH3 is 1. The van der Waals surface area contributed by atoms with Crippen LogP contribution >= 0.6 is 0 Å². The van der Waals surface area contributed by atoms with Crippen molar-refractivity contribution in [3.05, 3.63) is 35.9 Å². The molecule has 0 aliphatic carbocycles. The summed E-state index contributed by atoms with van der Waals surface area (Å²) in [4.78, 5) is 22.8. The van der Waals surface area contributed by atoms with E-state index in [1.165, 1.54) is 0 Å². The smallest absolute Gasteiger partial charge is 0.325 e. The molecule has 1 aromatic rings. The molecule has 1 aromatic carbocycles. The van der Waals surface area contributed by atoms with Crippen molar-refractivity contribution in [3.8, 4) is 0 Å². The fraction of sp³-hybridized carbons (Fsp3) is 0.429. The first-order valence-corrected chi connectivity index (χ1v) is 6.42. The van der Waals surface area contributed by atoms with Crippen molar-refractivity contribution in [1.82, 2.24) is 10.6 Å². The predicted octanol–water partition coefficient (Wildman–Crippen LogP) is 0.555. The molecule has 1 amide bonds. The van der Waals surface area contributed by atoms with Gasteiger partial charge in [-0.15, -0.1) is 0 Å². The minimum absolute atomic E-state index is 0.0428. The van der Waals surface area contributed by atoms with E-state index in [4.69, 9.17) is 4.74 Å². The Balaban J connectivity index is 2.40. The summed E-state index contributed by atoms with van der Waals surface area (Å²) in [6, 6.07) is 7.87. The van der Waals surface area contributed by atoms with E-state index in [1.54, 1.807) is 31.4 Å². The van der Waals surface area contributed by atoms with E-state index < -0.39 is 12.0 Å². The molecule has 1 rings (SSSR count). The first-order chi connectivity index (χ1) is 9.65. The zero-order valence-electron chi connectivity index (χ0n) is 11.5. The number of amides is 1. The van der Waals surface area contributed by atoms with Gasteiger partial charge in [-0.25, -0.2) is 0 Å². The molecule has 0 spiro atoms. The van der Waals surface area contributed by atoms with Crippen LogP contribution < -0.4 is 10.6 Å². The van der Waals surface area contributed by atoms with Gasteiger partial charge in [0.05, 0.1) is 6.54 Å². The molecule has 0 aliphatic rings. The molecule has 0 heterocycles. The van der Waals surface area contributed by atoms with Gasteiger partial charge in [0.15, 0.2) is 0 Å². The van der Waals surface area contributed by atoms with E-state index in [-0.39, 0.29) is 12.5 Å². The fourth-order valence-corrected chi connectivity index (χ4v) is 1.69. The zero-order chi connectivity index (χ0) is 14.8. The Morgan fingerprint density at radius 2 is 2.00 bits per heavy atom. The van der Waals surface area contributed by atoms with Gasteiger partial charge in [0.25, 0.3) is 0 Å². The summed E-state index contributed by atoms with van der Waals surface area (Å²) < 4.78 is 4.87. The van der Waals surface area contributed by atoms with E-state index in [1.807, 2.05) is 6.07 Å². The van der Waals surface area contributed by atoms with Crippen LogP contribution in [-0.4, -0.2) is 43.8 Å². The number of carboxylic acid groups (broad SMARTS) is 1. The van der Waals surface area contributed by atoms with E-state index >= 15 is 0 Å². The molecule has 0 saturated heterocycles. The zero-order valence-corrected chi connectivity index (χ0v) is 11.5. The Hall–Kier alpha value is -1.92. The van der Waals surface area contributed by atoms with Crippen LogP contribution in [0.3, 0.4) is 0 Å². The molecule has 6 nitrogen and oxygen atoms in total. The summed E-state index contributed by atoms with van der Waals surface area (Å²) in [6.07, 6.45) is 0.725. The first kappa shape index (κ1) is 16.1. The Morgan fingerprint density at radius 1 is 1.30 bits per heavy atom. The van der Waals surface area contributed by atoms with Crippen molar-refractivity contribution < 1.29 is 19.4 Å². The highest BCUT2D eigenvalue weighted by molar-refractivity contribution is 5.80. The van der Waals surface area contributed by atoms with Crippen LogP contribution in [0.5, 0.6) is 0 Å². The second kappa shape index (κ2) is 9.06. The van der Waals surface area contributed by atoms with Crippen molar-refractivity contribution in [2.24, 2.45) is 0 Å². The third kappa shape index (κ3) is 5.81. The van der Waals surface area contributed by atoms with Gasteiger partial charge in [-0.2, -0.15) is 0 Å². The Kier molecular flexibility index (Phi) is 7.31. The minimum Gasteiger partial charge on any atom is -0.480 e. The lowest BCUT2D eigenvalue weighted by molar-refractivity contribution is -0.139. The fourth-order valence-electron chi connectivity index (χ4n) is 1.69. The number of ether oxygens (including phenoxy) is 1. The maximum Gasteiger partial charge on any atom is 0.325 e. The second-order valence-electron chi connectivity index (χ2n) is 4.26. The molecule has 0 aromatic heterocycles. The summed E-state index contributed by atoms with van der Waals surface area (Å²) in [6.45, 7) is 1.05. The number of rotatable bonds is 9. The van der Waals surface area contributed by atoms with Crippen LogP contribution in [0, 0.1) is 0 Å². The quantitative estimate of drug-likeness (QED) is 0.575. The SMILES string of the molecule is COCCCNC(=O)CNC(C(=O)O)c1ccccc1. The van der Waals surface area contributed by atoms with Crippen molar-refractivity contribution in [3.63, 3.8) is 0 Å². The summed E-state index contributed by atoms with van der Waals surface area (Å²) >= 11 is 0. The molecule has 110 valence electrons. The molecular weight excluding hydrogens is 260 g/mol. The van der Waals surface area contributed by atoms with Gasteiger partial charge in [0.1, 0.15) is 6.04 Å². The number of carboxylic acids is 1. The van der Waals surface area contributed by atoms with Gasteiger partial charge in [0.2, 0.25) is 5.91 Å². The number of hydrogen-bond donors (Lipinski definition) is 3. The third-order valence-electron chi connectivity index (χ3n) is 2.69. The Morgan fingerprint density at radius 3 is 2.60 bits per heavy atom. The third-order valence-corrected chi connectivity index (χ3v) is 2.69. The van der Waals surface area contributed by atoms with Crippen LogP contribution in [-0.2, 0) is 14.3 Å². The lowest BCUT2D eigenvalue weighted by Gasteiger charge is -2.14. The molecule has 6 heteroatoms. The highest BCUT2D eigenvalue weighted by Gasteiger charge is 2.19. The molecule has 0 radical (unpaired) electrons. The van der Waals surface area contributed by atoms with Crippen LogP contribution in [0.15, 0.2) is 30.3 Å². The monoisotopic (exact) mass is 280 g/mol. The molecule has 0 bridgehead atoms. The number of nitrogens with one attached hydrogen (secondary N) is 2. The maximum absolute atomic E-state index is 11.6. The van der Waals surface area contributed by atoms with E-state index in [2.05, 4.69) is 10.6 Å². The molecule has 0 fully saturated rings. The van der Waals surface area contributed by atoms with Crippen LogP contribution in [0.25, 0.3) is 0 Å². The largest absolute Gasteiger partial charge is 0.480 e. The van der Waals surface area contributed by atoms with Crippen molar-refractivity contribution in [2.75, 3.05) is 26.8 Å². The van der Waals surface area contributed by atoms with Crippen LogP contribution in [0.1, 0.15) is 18.0 Å². The topological polar surface area (TPSA) is 87.7 Å². The summed E-state index contributed by atoms with van der Waals surface area (Å²) in [5, 5.41) is 14.6. The van der Waals surface area contributed by atoms with E-state index in [0.29, 0.717) is 18.7 Å². The molecular formula is C14H20N2O4. The number of benzene rings is 1.